The van der Waals surface area contributed by atoms with E-state index in [0.29, 0.717) is 0 Å². The molecule has 162 valence electrons. The van der Waals surface area contributed by atoms with Crippen LogP contribution in [0.2, 0.25) is 0 Å². The van der Waals surface area contributed by atoms with Gasteiger partial charge in [0.2, 0.25) is 0 Å². The third kappa shape index (κ3) is 3.70. The number of fused-ring (bicyclic) bond motifs is 10. The average Bonchev–Trinajstić information content (AvgIpc) is 3.48. The minimum atomic E-state index is -0.0166. The highest BCUT2D eigenvalue weighted by Gasteiger charge is 2.27. The summed E-state index contributed by atoms with van der Waals surface area (Å²) in [6.45, 7) is 13.4. The second-order valence-corrected chi connectivity index (χ2v) is 10.7. The topological polar surface area (TPSA) is 57.4 Å². The predicted octanol–water partition coefficient (Wildman–Crippen LogP) is 7.49. The first-order valence-corrected chi connectivity index (χ1v) is 11.2. The minimum Gasteiger partial charge on any atom is -0.354 e. The van der Waals surface area contributed by atoms with E-state index in [1.54, 1.807) is 0 Å². The minimum absolute atomic E-state index is 0.0166. The van der Waals surface area contributed by atoms with Crippen molar-refractivity contribution in [1.82, 2.24) is 19.9 Å². The van der Waals surface area contributed by atoms with E-state index < -0.39 is 0 Å². The average molecular weight is 423 g/mol. The van der Waals surface area contributed by atoms with E-state index in [0.717, 1.165) is 44.8 Å². The van der Waals surface area contributed by atoms with Crippen molar-refractivity contribution in [3.8, 4) is 0 Å². The van der Waals surface area contributed by atoms with E-state index >= 15 is 0 Å². The lowest BCUT2D eigenvalue weighted by molar-refractivity contribution is 0.568. The van der Waals surface area contributed by atoms with Gasteiger partial charge in [-0.25, -0.2) is 9.97 Å². The van der Waals surface area contributed by atoms with Crippen molar-refractivity contribution in [2.75, 3.05) is 0 Å². The van der Waals surface area contributed by atoms with Gasteiger partial charge >= 0.3 is 0 Å². The van der Waals surface area contributed by atoms with Gasteiger partial charge in [-0.05, 0) is 82.7 Å². The zero-order valence-corrected chi connectivity index (χ0v) is 19.7. The maximum atomic E-state index is 5.02. The van der Waals surface area contributed by atoms with Gasteiger partial charge in [-0.15, -0.1) is 0 Å². The number of nitrogens with zero attached hydrogens (tertiary/aromatic N) is 2. The Morgan fingerprint density at radius 2 is 0.906 bits per heavy atom. The zero-order chi connectivity index (χ0) is 22.7. The SMILES string of the molecule is CC(C)(C)C1=Cc2nc1ccc1ccc([nH]1)c1ccc(ccc3nc2C=C3C(C)(C)C)[nH]1. The Balaban J connectivity index is 1.87. The molecule has 0 radical (unpaired) electrons. The van der Waals surface area contributed by atoms with Gasteiger partial charge in [0.15, 0.2) is 0 Å². The van der Waals surface area contributed by atoms with Crippen molar-refractivity contribution in [2.45, 2.75) is 41.5 Å². The molecule has 4 heteroatoms. The molecule has 2 N–H and O–H groups in total. The Morgan fingerprint density at radius 1 is 0.531 bits per heavy atom. The van der Waals surface area contributed by atoms with Crippen molar-refractivity contribution < 1.29 is 0 Å². The first kappa shape index (κ1) is 20.5. The first-order valence-electron chi connectivity index (χ1n) is 11.2. The van der Waals surface area contributed by atoms with Gasteiger partial charge in [0.1, 0.15) is 0 Å². The van der Waals surface area contributed by atoms with E-state index in [1.807, 2.05) is 0 Å². The molecule has 3 aromatic rings. The molecule has 0 fully saturated rings. The summed E-state index contributed by atoms with van der Waals surface area (Å²) >= 11 is 0. The highest BCUT2D eigenvalue weighted by molar-refractivity contribution is 5.92. The number of allylic oxidation sites excluding steroid dienone is 2. The third-order valence-corrected chi connectivity index (χ3v) is 6.02. The number of rotatable bonds is 0. The van der Waals surface area contributed by atoms with Gasteiger partial charge < -0.3 is 9.97 Å². The molecule has 5 rings (SSSR count). The lowest BCUT2D eigenvalue weighted by atomic mass is 9.84. The van der Waals surface area contributed by atoms with Gasteiger partial charge in [0.25, 0.3) is 0 Å². The lowest BCUT2D eigenvalue weighted by Crippen LogP contribution is -2.06. The second kappa shape index (κ2) is 7.06. The largest absolute Gasteiger partial charge is 0.354 e. The van der Waals surface area contributed by atoms with Crippen molar-refractivity contribution in [3.63, 3.8) is 0 Å². The Morgan fingerprint density at radius 3 is 1.28 bits per heavy atom. The van der Waals surface area contributed by atoms with Gasteiger partial charge in [-0.2, -0.15) is 0 Å². The molecule has 4 nitrogen and oxygen atoms in total. The molecule has 5 heterocycles. The number of hydrogen-bond acceptors (Lipinski definition) is 2. The highest BCUT2D eigenvalue weighted by Crippen LogP contribution is 2.41. The van der Waals surface area contributed by atoms with E-state index in [9.17, 15) is 0 Å². The molecule has 0 unspecified atom stereocenters. The summed E-state index contributed by atoms with van der Waals surface area (Å²) in [6, 6.07) is 16.8. The smallest absolute Gasteiger partial charge is 0.0897 e. The van der Waals surface area contributed by atoms with Crippen LogP contribution < -0.4 is 0 Å². The van der Waals surface area contributed by atoms with Crippen LogP contribution in [0, 0.1) is 10.8 Å². The molecule has 0 amide bonds. The van der Waals surface area contributed by atoms with Crippen molar-refractivity contribution in [3.05, 3.63) is 71.3 Å². The van der Waals surface area contributed by atoms with Crippen molar-refractivity contribution >= 4 is 45.4 Å². The molecule has 2 aliphatic heterocycles. The first-order chi connectivity index (χ1) is 15.1. The molecular weight excluding hydrogens is 392 g/mol. The van der Waals surface area contributed by atoms with Crippen molar-refractivity contribution in [2.24, 2.45) is 10.8 Å². The van der Waals surface area contributed by atoms with Crippen LogP contribution in [0.1, 0.15) is 64.3 Å². The van der Waals surface area contributed by atoms with E-state index in [1.165, 1.54) is 11.1 Å². The number of aromatic nitrogens is 4. The fourth-order valence-electron chi connectivity index (χ4n) is 4.25. The van der Waals surface area contributed by atoms with Crippen LogP contribution in [-0.2, 0) is 0 Å². The molecule has 0 saturated carbocycles. The van der Waals surface area contributed by atoms with Crippen LogP contribution in [0.25, 0.3) is 45.4 Å². The molecule has 0 aliphatic carbocycles. The number of H-pyrrole nitrogens is 2. The van der Waals surface area contributed by atoms with E-state index in [4.69, 9.17) is 9.97 Å². The van der Waals surface area contributed by atoms with Crippen LogP contribution >= 0.6 is 0 Å². The third-order valence-electron chi connectivity index (χ3n) is 6.02. The summed E-state index contributed by atoms with van der Waals surface area (Å²) in [5.74, 6) is 0. The van der Waals surface area contributed by atoms with Crippen LogP contribution in [0.5, 0.6) is 0 Å². The monoisotopic (exact) mass is 422 g/mol. The number of hydrogen-bond donors (Lipinski definition) is 2. The van der Waals surface area contributed by atoms with Gasteiger partial charge in [-0.1, -0.05) is 41.5 Å². The Labute approximate surface area is 189 Å². The molecule has 2 aliphatic rings. The molecule has 0 aromatic carbocycles. The summed E-state index contributed by atoms with van der Waals surface area (Å²) in [7, 11) is 0. The van der Waals surface area contributed by atoms with E-state index in [-0.39, 0.29) is 10.8 Å². The fraction of sp³-hybridized carbons (Fsp3) is 0.286. The van der Waals surface area contributed by atoms with Gasteiger partial charge in [0, 0.05) is 11.0 Å². The summed E-state index contributed by atoms with van der Waals surface area (Å²) < 4.78 is 0. The van der Waals surface area contributed by atoms with Gasteiger partial charge in [0.05, 0.1) is 33.8 Å². The summed E-state index contributed by atoms with van der Waals surface area (Å²) in [5, 5.41) is 0. The van der Waals surface area contributed by atoms with Crippen LogP contribution in [-0.4, -0.2) is 19.9 Å². The molecule has 0 atom stereocenters. The van der Waals surface area contributed by atoms with Crippen LogP contribution in [0.15, 0.2) is 48.5 Å². The summed E-state index contributed by atoms with van der Waals surface area (Å²) in [4.78, 5) is 17.0. The summed E-state index contributed by atoms with van der Waals surface area (Å²) in [5.41, 5.74) is 10.5. The van der Waals surface area contributed by atoms with E-state index in [2.05, 4.69) is 112 Å². The Kier molecular flexibility index (Phi) is 4.52. The highest BCUT2D eigenvalue weighted by atomic mass is 14.8. The predicted molar refractivity (Wildman–Crippen MR) is 136 cm³/mol. The molecule has 3 aromatic heterocycles. The maximum absolute atomic E-state index is 5.02. The summed E-state index contributed by atoms with van der Waals surface area (Å²) in [6.07, 6.45) is 4.41. The van der Waals surface area contributed by atoms with Gasteiger partial charge in [-0.3, -0.25) is 0 Å². The second-order valence-electron chi connectivity index (χ2n) is 10.7. The maximum Gasteiger partial charge on any atom is 0.0897 e. The Bertz CT molecular complexity index is 1320. The quantitative estimate of drug-likeness (QED) is 0.394. The number of nitrogens with one attached hydrogen (secondary N) is 2. The standard InChI is InChI=1S/C28H30N4/c1-27(2,3)19-15-25-26-16-20(28(4,5)6)22(32-26)12-8-18-10-14-24(30-18)23-13-9-17(29-23)7-11-21(19)31-25/h7-16,29-30H,1-6H3. The molecule has 0 saturated heterocycles. The lowest BCUT2D eigenvalue weighted by Gasteiger charge is -2.19. The fourth-order valence-corrected chi connectivity index (χ4v) is 4.25. The van der Waals surface area contributed by atoms with Crippen molar-refractivity contribution in [1.29, 1.82) is 0 Å². The van der Waals surface area contributed by atoms with Crippen LogP contribution in [0.4, 0.5) is 0 Å². The zero-order valence-electron chi connectivity index (χ0n) is 19.7. The molecule has 8 bridgehead atoms. The molecule has 0 spiro atoms. The normalized spacial score (nSPS) is 14.3. The molecule has 32 heavy (non-hydrogen) atoms. The van der Waals surface area contributed by atoms with Crippen LogP contribution in [0.3, 0.4) is 0 Å². The Hall–Kier alpha value is -3.40. The number of aromatic amines is 2. The molecular formula is C28H30N4.